The summed E-state index contributed by atoms with van der Waals surface area (Å²) in [4.78, 5) is 15.0. The molecule has 2 aliphatic carbocycles. The summed E-state index contributed by atoms with van der Waals surface area (Å²) in [5.41, 5.74) is 0.163. The summed E-state index contributed by atoms with van der Waals surface area (Å²) < 4.78 is 0. The Labute approximate surface area is 110 Å². The van der Waals surface area contributed by atoms with E-state index >= 15 is 0 Å². The van der Waals surface area contributed by atoms with E-state index < -0.39 is 0 Å². The van der Waals surface area contributed by atoms with Gasteiger partial charge < -0.3 is 10.2 Å². The van der Waals surface area contributed by atoms with Gasteiger partial charge in [-0.15, -0.1) is 0 Å². The summed E-state index contributed by atoms with van der Waals surface area (Å²) in [5.74, 6) is 1.40. The molecule has 1 heterocycles. The molecule has 0 aromatic rings. The zero-order valence-electron chi connectivity index (χ0n) is 11.6. The minimum Gasteiger partial charge on any atom is -0.334 e. The summed E-state index contributed by atoms with van der Waals surface area (Å²) in [5, 5.41) is 3.52. The molecule has 3 heteroatoms. The average Bonchev–Trinajstić information content (AvgIpc) is 3.23. The summed E-state index contributed by atoms with van der Waals surface area (Å²) in [6, 6.07) is 0. The third-order valence-corrected chi connectivity index (χ3v) is 5.31. The highest BCUT2D eigenvalue weighted by Crippen LogP contribution is 2.41. The van der Waals surface area contributed by atoms with Crippen molar-refractivity contribution in [2.75, 3.05) is 19.6 Å². The Kier molecular flexibility index (Phi) is 3.35. The third kappa shape index (κ3) is 2.18. The van der Waals surface area contributed by atoms with Gasteiger partial charge in [0, 0.05) is 25.6 Å². The van der Waals surface area contributed by atoms with Gasteiger partial charge >= 0.3 is 0 Å². The smallest absolute Gasteiger partial charge is 0.226 e. The van der Waals surface area contributed by atoms with Gasteiger partial charge in [0.15, 0.2) is 0 Å². The Hall–Kier alpha value is -0.570. The van der Waals surface area contributed by atoms with E-state index in [1.165, 1.54) is 44.9 Å². The molecule has 1 aliphatic heterocycles. The second-order valence-corrected chi connectivity index (χ2v) is 6.58. The summed E-state index contributed by atoms with van der Waals surface area (Å²) in [7, 11) is 0. The van der Waals surface area contributed by atoms with Crippen LogP contribution in [0.15, 0.2) is 0 Å². The van der Waals surface area contributed by atoms with E-state index in [2.05, 4.69) is 17.1 Å². The van der Waals surface area contributed by atoms with E-state index in [-0.39, 0.29) is 11.5 Å². The van der Waals surface area contributed by atoms with E-state index in [9.17, 15) is 4.79 Å². The second-order valence-electron chi connectivity index (χ2n) is 6.58. The standard InChI is InChI=1S/C15H26N2O/c1-12(13-5-6-13)14(18)17-10-9-16-11-15(17)7-3-2-4-8-15/h12-13,16H,2-11H2,1H3. The first kappa shape index (κ1) is 12.5. The van der Waals surface area contributed by atoms with Gasteiger partial charge in [0.05, 0.1) is 5.54 Å². The van der Waals surface area contributed by atoms with E-state index in [1.54, 1.807) is 0 Å². The van der Waals surface area contributed by atoms with Crippen molar-refractivity contribution in [1.82, 2.24) is 10.2 Å². The molecule has 3 rings (SSSR count). The summed E-state index contributed by atoms with van der Waals surface area (Å²) >= 11 is 0. The summed E-state index contributed by atoms with van der Waals surface area (Å²) in [6.07, 6.45) is 8.90. The van der Waals surface area contributed by atoms with Crippen molar-refractivity contribution in [2.24, 2.45) is 11.8 Å². The molecule has 0 radical (unpaired) electrons. The molecule has 1 N–H and O–H groups in total. The molecule has 1 spiro atoms. The number of piperazine rings is 1. The van der Waals surface area contributed by atoms with Crippen molar-refractivity contribution in [3.05, 3.63) is 0 Å². The van der Waals surface area contributed by atoms with Crippen LogP contribution in [0.2, 0.25) is 0 Å². The van der Waals surface area contributed by atoms with Crippen LogP contribution in [0, 0.1) is 11.8 Å². The number of carbonyl (C=O) groups is 1. The fraction of sp³-hybridized carbons (Fsp3) is 0.933. The molecular weight excluding hydrogens is 224 g/mol. The van der Waals surface area contributed by atoms with Crippen LogP contribution in [0.4, 0.5) is 0 Å². The lowest BCUT2D eigenvalue weighted by Crippen LogP contribution is -2.64. The first-order valence-corrected chi connectivity index (χ1v) is 7.75. The highest BCUT2D eigenvalue weighted by molar-refractivity contribution is 5.80. The molecule has 2 saturated carbocycles. The Morgan fingerprint density at radius 2 is 2.00 bits per heavy atom. The van der Waals surface area contributed by atoms with Gasteiger partial charge in [0.25, 0.3) is 0 Å². The molecule has 1 unspecified atom stereocenters. The Morgan fingerprint density at radius 3 is 2.67 bits per heavy atom. The molecule has 3 nitrogen and oxygen atoms in total. The quantitative estimate of drug-likeness (QED) is 0.814. The molecule has 1 saturated heterocycles. The summed E-state index contributed by atoms with van der Waals surface area (Å²) in [6.45, 7) is 5.08. The minimum absolute atomic E-state index is 0.163. The normalized spacial score (nSPS) is 29.3. The van der Waals surface area contributed by atoms with Crippen LogP contribution in [0.25, 0.3) is 0 Å². The molecule has 0 bridgehead atoms. The van der Waals surface area contributed by atoms with Gasteiger partial charge in [-0.3, -0.25) is 4.79 Å². The molecule has 3 fully saturated rings. The van der Waals surface area contributed by atoms with Crippen molar-refractivity contribution in [3.63, 3.8) is 0 Å². The zero-order chi connectivity index (χ0) is 12.6. The number of carbonyl (C=O) groups excluding carboxylic acids is 1. The SMILES string of the molecule is CC(C(=O)N1CCNCC12CCCCC2)C1CC1. The first-order valence-electron chi connectivity index (χ1n) is 7.75. The van der Waals surface area contributed by atoms with Gasteiger partial charge in [-0.25, -0.2) is 0 Å². The lowest BCUT2D eigenvalue weighted by atomic mass is 9.78. The molecule has 18 heavy (non-hydrogen) atoms. The Bertz CT molecular complexity index is 310. The fourth-order valence-electron chi connectivity index (χ4n) is 3.89. The maximum Gasteiger partial charge on any atom is 0.226 e. The van der Waals surface area contributed by atoms with Crippen molar-refractivity contribution >= 4 is 5.91 Å². The van der Waals surface area contributed by atoms with E-state index in [1.807, 2.05) is 0 Å². The van der Waals surface area contributed by atoms with Crippen LogP contribution >= 0.6 is 0 Å². The molecule has 3 aliphatic rings. The Morgan fingerprint density at radius 1 is 1.28 bits per heavy atom. The van der Waals surface area contributed by atoms with Gasteiger partial charge in [0.2, 0.25) is 5.91 Å². The number of hydrogen-bond donors (Lipinski definition) is 1. The second kappa shape index (κ2) is 4.84. The van der Waals surface area contributed by atoms with Crippen LogP contribution in [0.5, 0.6) is 0 Å². The maximum absolute atomic E-state index is 12.8. The van der Waals surface area contributed by atoms with E-state index in [4.69, 9.17) is 0 Å². The lowest BCUT2D eigenvalue weighted by Gasteiger charge is -2.50. The van der Waals surface area contributed by atoms with Crippen LogP contribution in [-0.4, -0.2) is 36.0 Å². The molecule has 102 valence electrons. The predicted molar refractivity (Wildman–Crippen MR) is 72.3 cm³/mol. The number of hydrogen-bond acceptors (Lipinski definition) is 2. The maximum atomic E-state index is 12.8. The number of amides is 1. The van der Waals surface area contributed by atoms with Gasteiger partial charge in [0.1, 0.15) is 0 Å². The fourth-order valence-corrected chi connectivity index (χ4v) is 3.89. The van der Waals surface area contributed by atoms with Gasteiger partial charge in [-0.2, -0.15) is 0 Å². The molecular formula is C15H26N2O. The largest absolute Gasteiger partial charge is 0.334 e. The van der Waals surface area contributed by atoms with Crippen LogP contribution < -0.4 is 5.32 Å². The van der Waals surface area contributed by atoms with Crippen molar-refractivity contribution < 1.29 is 4.79 Å². The Balaban J connectivity index is 1.75. The van der Waals surface area contributed by atoms with Crippen molar-refractivity contribution in [1.29, 1.82) is 0 Å². The average molecular weight is 250 g/mol. The van der Waals surface area contributed by atoms with Crippen LogP contribution in [-0.2, 0) is 4.79 Å². The van der Waals surface area contributed by atoms with Crippen LogP contribution in [0.1, 0.15) is 51.9 Å². The predicted octanol–water partition coefficient (Wildman–Crippen LogP) is 2.17. The first-order chi connectivity index (χ1) is 8.73. The zero-order valence-corrected chi connectivity index (χ0v) is 11.6. The number of nitrogens with one attached hydrogen (secondary N) is 1. The molecule has 1 atom stereocenters. The molecule has 0 aromatic heterocycles. The number of rotatable bonds is 2. The molecule has 0 aromatic carbocycles. The van der Waals surface area contributed by atoms with Crippen LogP contribution in [0.3, 0.4) is 0 Å². The van der Waals surface area contributed by atoms with E-state index in [0.717, 1.165) is 19.6 Å². The molecule has 1 amide bonds. The topological polar surface area (TPSA) is 32.3 Å². The van der Waals surface area contributed by atoms with Crippen molar-refractivity contribution in [2.45, 2.75) is 57.4 Å². The monoisotopic (exact) mass is 250 g/mol. The van der Waals surface area contributed by atoms with E-state index in [0.29, 0.717) is 11.8 Å². The number of nitrogens with zero attached hydrogens (tertiary/aromatic N) is 1. The highest BCUT2D eigenvalue weighted by Gasteiger charge is 2.45. The lowest BCUT2D eigenvalue weighted by molar-refractivity contribution is -0.145. The van der Waals surface area contributed by atoms with Crippen molar-refractivity contribution in [3.8, 4) is 0 Å². The minimum atomic E-state index is 0.163. The third-order valence-electron chi connectivity index (χ3n) is 5.31. The highest BCUT2D eigenvalue weighted by atomic mass is 16.2. The van der Waals surface area contributed by atoms with Gasteiger partial charge in [-0.05, 0) is 31.6 Å². The van der Waals surface area contributed by atoms with Gasteiger partial charge in [-0.1, -0.05) is 26.2 Å².